The van der Waals surface area contributed by atoms with Gasteiger partial charge >= 0.3 is 41.8 Å². The van der Waals surface area contributed by atoms with Crippen molar-refractivity contribution in [1.29, 1.82) is 0 Å². The van der Waals surface area contributed by atoms with Gasteiger partial charge in [0.1, 0.15) is 42.2 Å². The van der Waals surface area contributed by atoms with E-state index in [2.05, 4.69) is 160 Å². The largest absolute Gasteiger partial charge is 0.458 e. The van der Waals surface area contributed by atoms with Gasteiger partial charge < -0.3 is 33.2 Å². The molecule has 648 valence electrons. The van der Waals surface area contributed by atoms with Crippen LogP contribution in [-0.2, 0) is 66.7 Å². The van der Waals surface area contributed by atoms with Crippen molar-refractivity contribution in [2.75, 3.05) is 0 Å². The van der Waals surface area contributed by atoms with Crippen LogP contribution in [0.15, 0.2) is 132 Å². The Morgan fingerprint density at radius 1 is 0.381 bits per heavy atom. The average Bonchev–Trinajstić information content (AvgIpc) is 1.50. The van der Waals surface area contributed by atoms with Gasteiger partial charge in [-0.3, -0.25) is 0 Å². The fourth-order valence-corrected chi connectivity index (χ4v) is 27.5. The Labute approximate surface area is 709 Å². The lowest BCUT2D eigenvalue weighted by Gasteiger charge is -2.52. The van der Waals surface area contributed by atoms with Crippen LogP contribution in [0.5, 0.6) is 0 Å². The molecular weight excluding hydrogens is 1470 g/mol. The zero-order valence-corrected chi connectivity index (χ0v) is 74.6. The van der Waals surface area contributed by atoms with Crippen LogP contribution in [0, 0.1) is 141 Å². The van der Waals surface area contributed by atoms with Crippen LogP contribution in [-0.4, -0.2) is 84.0 Å². The van der Waals surface area contributed by atoms with E-state index in [0.29, 0.717) is 87.6 Å². The summed E-state index contributed by atoms with van der Waals surface area (Å²) < 4.78 is 39.1. The fourth-order valence-electron chi connectivity index (χ4n) is 27.5. The Morgan fingerprint density at radius 3 is 1.64 bits per heavy atom. The molecular formula is C104H148O14. The molecule has 31 unspecified atom stereocenters. The summed E-state index contributed by atoms with van der Waals surface area (Å²) in [7, 11) is 0. The number of fused-ring (bicyclic) bond motifs is 14. The van der Waals surface area contributed by atoms with Crippen molar-refractivity contribution in [3.8, 4) is 0 Å². The van der Waals surface area contributed by atoms with Crippen molar-refractivity contribution in [2.45, 2.75) is 331 Å². The van der Waals surface area contributed by atoms with E-state index in [1.165, 1.54) is 119 Å². The third-order valence-electron chi connectivity index (χ3n) is 34.9. The predicted octanol–water partition coefficient (Wildman–Crippen LogP) is 23.0. The van der Waals surface area contributed by atoms with Crippen LogP contribution in [0.25, 0.3) is 0 Å². The Kier molecular flexibility index (Phi) is 27.9. The van der Waals surface area contributed by atoms with Crippen molar-refractivity contribution in [1.82, 2.24) is 0 Å². The zero-order chi connectivity index (χ0) is 84.9. The minimum atomic E-state index is -0.222. The highest BCUT2D eigenvalue weighted by molar-refractivity contribution is 5.94. The first kappa shape index (κ1) is 89.2. The minimum absolute atomic E-state index is 0.0779. The van der Waals surface area contributed by atoms with Crippen LogP contribution in [0.3, 0.4) is 0 Å². The van der Waals surface area contributed by atoms with Gasteiger partial charge in [0, 0.05) is 97.7 Å². The summed E-state index contributed by atoms with van der Waals surface area (Å²) in [4.78, 5) is 81.8. The van der Waals surface area contributed by atoms with Gasteiger partial charge in [-0.2, -0.15) is 0 Å². The molecule has 0 aromatic heterocycles. The highest BCUT2D eigenvalue weighted by Gasteiger charge is 2.61. The van der Waals surface area contributed by atoms with Crippen molar-refractivity contribution < 1.29 is 66.7 Å². The minimum Gasteiger partial charge on any atom is -0.458 e. The molecule has 19 rings (SSSR count). The first-order valence-electron chi connectivity index (χ1n) is 47.0. The predicted molar refractivity (Wildman–Crippen MR) is 464 cm³/mol. The van der Waals surface area contributed by atoms with E-state index in [1.54, 1.807) is 0 Å². The van der Waals surface area contributed by atoms with Gasteiger partial charge in [-0.15, -0.1) is 0 Å². The second-order valence-corrected chi connectivity index (χ2v) is 42.0. The molecule has 12 aliphatic carbocycles. The van der Waals surface area contributed by atoms with E-state index >= 15 is 0 Å². The molecule has 7 saturated heterocycles. The van der Waals surface area contributed by atoms with Gasteiger partial charge in [0.2, 0.25) is 0 Å². The van der Waals surface area contributed by atoms with Gasteiger partial charge in [0.15, 0.2) is 0 Å². The van der Waals surface area contributed by atoms with Crippen LogP contribution >= 0.6 is 0 Å². The normalized spacial score (nSPS) is 45.8. The van der Waals surface area contributed by atoms with Crippen molar-refractivity contribution in [2.24, 2.45) is 141 Å². The van der Waals surface area contributed by atoms with Crippen LogP contribution in [0.1, 0.15) is 289 Å². The smallest absolute Gasteiger partial charge is 0.334 e. The summed E-state index contributed by atoms with van der Waals surface area (Å²) >= 11 is 0. The quantitative estimate of drug-likeness (QED) is 0.0965. The van der Waals surface area contributed by atoms with Crippen molar-refractivity contribution >= 4 is 41.8 Å². The summed E-state index contributed by atoms with van der Waals surface area (Å²) in [6.07, 6.45) is 47.4. The molecule has 118 heavy (non-hydrogen) atoms. The molecule has 1 spiro atoms. The molecule has 0 aromatic carbocycles. The number of hydrogen-bond donors (Lipinski definition) is 0. The third-order valence-corrected chi connectivity index (χ3v) is 34.9. The maximum Gasteiger partial charge on any atom is 0.334 e. The topological polar surface area (TPSA) is 184 Å². The molecule has 17 fully saturated rings. The Balaban J connectivity index is 0.000000119. The number of carbonyl (C=O) groups excluding carboxylic acids is 7. The number of ether oxygens (including phenoxy) is 7. The second-order valence-electron chi connectivity index (χ2n) is 42.0. The number of esters is 7. The summed E-state index contributed by atoms with van der Waals surface area (Å²) in [5.41, 5.74) is 9.51. The van der Waals surface area contributed by atoms with Crippen molar-refractivity contribution in [3.05, 3.63) is 132 Å². The number of rotatable bonds is 0. The highest BCUT2D eigenvalue weighted by atomic mass is 16.6. The fraction of sp³-hybridized carbons (Fsp3) is 0.721. The summed E-state index contributed by atoms with van der Waals surface area (Å²) in [6.45, 7) is 57.3. The molecule has 31 atom stereocenters. The third kappa shape index (κ3) is 18.0. The molecule has 0 radical (unpaired) electrons. The Morgan fingerprint density at radius 2 is 0.924 bits per heavy atom. The number of allylic oxidation sites excluding steroid dienone is 6. The van der Waals surface area contributed by atoms with Gasteiger partial charge in [-0.05, 0) is 282 Å². The molecule has 7 heterocycles. The van der Waals surface area contributed by atoms with Crippen LogP contribution < -0.4 is 0 Å². The molecule has 0 aromatic rings. The van der Waals surface area contributed by atoms with E-state index in [9.17, 15) is 33.6 Å². The summed E-state index contributed by atoms with van der Waals surface area (Å²) in [5.74, 6) is 11.3. The van der Waals surface area contributed by atoms with E-state index in [0.717, 1.165) is 166 Å². The number of carbonyl (C=O) groups is 7. The zero-order valence-electron chi connectivity index (χ0n) is 74.6. The monoisotopic (exact) mass is 1620 g/mol. The molecule has 0 N–H and O–H groups in total. The standard InChI is InChI=1S/5C15H22O2.C15H20O2.C14H18O2/c1-8-4-7-12-10(3)15(16)17-14(12)13-9(2)5-6-11(8)13;1-9-4-6-12-8-15(17-14(16)11(12)3)10(2)5-7-13(9)15;1-8-4-5-11-9(2)6-14-13(7-12(8)11)10(3)15(16)17-14;1-9-6-7-11-10(2)14(16)17-13(11)15(3)8-4-5-12(9)15;1-9-5-4-7-15(3)8-6-11-10(2)14(16)17-13(11)12(9)15;1-10-5-4-6-11(2)9-14-13(8-7-10)12(3)15(16)17-14;1-10-6-4-3-5-7-13-12(9-8-10)11(2)14(15)16-13/h8-9,11-14H,3-7H2,1-2H3;9-10,12-13H,3-8H2,1-2H3;8-9,11-14H,3-7H2,1-2H3;2*9,11-13H,2,4-8H2,1,3H3;5,9,13-14H,3-4,6-8H2,1-2H3;5-7,12-13H,2-4,8-9H2,1H3/b;;;;;10-5+,11-9+;7-5-,10-6+. The lowest BCUT2D eigenvalue weighted by molar-refractivity contribution is -0.175. The number of hydrogen-bond acceptors (Lipinski definition) is 14. The van der Waals surface area contributed by atoms with Gasteiger partial charge in [0.25, 0.3) is 0 Å². The first-order valence-corrected chi connectivity index (χ1v) is 47.0. The van der Waals surface area contributed by atoms with Crippen LogP contribution in [0.4, 0.5) is 0 Å². The SMILES string of the molecule is C=C1C(=O)OC2/C=C(\C)CC/C=C(\C)CCC12.C=C1C(=O)OC2/C=C\CC/C=C(\C)CCC12.C=C1C(=O)OC23CC1CCC(C)C2CCC3C.C=C1C(=O)OC2C1CCC(C)C1CCC(C)C12.C=C1C(=O)OC2C1CCC(C)C1CCCC12C.C=C1C(=O)OC2C1CCC1(C)CCCC(C)C21.C=C1C(=O)OC2CC(C)C3CCC(C)C3CC12. The van der Waals surface area contributed by atoms with E-state index < -0.39 is 0 Å². The highest BCUT2D eigenvalue weighted by Crippen LogP contribution is 2.62. The van der Waals surface area contributed by atoms with E-state index in [1.807, 2.05) is 6.08 Å². The van der Waals surface area contributed by atoms with E-state index in [4.69, 9.17) is 33.2 Å². The average molecular weight is 1620 g/mol. The van der Waals surface area contributed by atoms with Gasteiger partial charge in [-0.25, -0.2) is 33.6 Å². The van der Waals surface area contributed by atoms with Crippen molar-refractivity contribution in [3.63, 3.8) is 0 Å². The second kappa shape index (κ2) is 36.9. The summed E-state index contributed by atoms with van der Waals surface area (Å²) in [6, 6.07) is 0. The molecule has 0 amide bonds. The molecule has 7 aliphatic heterocycles. The maximum atomic E-state index is 12.0. The molecule has 10 saturated carbocycles. The molecule has 19 aliphatic rings. The molecule has 14 heteroatoms. The van der Waals surface area contributed by atoms with Crippen LogP contribution in [0.2, 0.25) is 0 Å². The Hall–Kier alpha value is -6.57. The molecule has 2 bridgehead atoms. The lowest BCUT2D eigenvalue weighted by Crippen LogP contribution is -2.49. The van der Waals surface area contributed by atoms with E-state index in [-0.39, 0.29) is 107 Å². The Bertz CT molecular complexity index is 4010. The lowest BCUT2D eigenvalue weighted by atomic mass is 9.54. The van der Waals surface area contributed by atoms with Gasteiger partial charge in [-0.1, -0.05) is 182 Å². The maximum absolute atomic E-state index is 12.0. The first-order chi connectivity index (χ1) is 56.0. The molecule has 14 nitrogen and oxygen atoms in total. The van der Waals surface area contributed by atoms with Gasteiger partial charge in [0.05, 0.1) is 0 Å². The summed E-state index contributed by atoms with van der Waals surface area (Å²) in [5, 5.41) is 0.